The highest BCUT2D eigenvalue weighted by atomic mass is 32.2. The maximum Gasteiger partial charge on any atom is 0.220 e. The molecule has 7 N–H and O–H groups in total. The van der Waals surface area contributed by atoms with Gasteiger partial charge in [-0.2, -0.15) is 0 Å². The Kier molecular flexibility index (Phi) is 11.5. The first kappa shape index (κ1) is 39.8. The highest BCUT2D eigenvalue weighted by Crippen LogP contribution is 2.28. The molecule has 6 rings (SSSR count). The number of benzene rings is 2. The number of rotatable bonds is 9. The van der Waals surface area contributed by atoms with E-state index in [1.165, 1.54) is 24.3 Å². The molecular formula is C41H38N10O4S2. The minimum atomic E-state index is -3.74. The van der Waals surface area contributed by atoms with E-state index in [-0.39, 0.29) is 34.0 Å². The molecule has 0 saturated heterocycles. The minimum Gasteiger partial charge on any atom is -0.384 e. The van der Waals surface area contributed by atoms with Crippen LogP contribution in [0, 0.1) is 37.5 Å². The average Bonchev–Trinajstić information content (AvgIpc) is 3.20. The molecule has 4 heterocycles. The van der Waals surface area contributed by atoms with Crippen molar-refractivity contribution >= 4 is 43.2 Å². The van der Waals surface area contributed by atoms with E-state index < -0.39 is 24.9 Å². The average molecular weight is 799 g/mol. The third kappa shape index (κ3) is 9.16. The maximum absolute atomic E-state index is 13.6. The third-order valence-corrected chi connectivity index (χ3v) is 12.8. The van der Waals surface area contributed by atoms with Gasteiger partial charge in [0.05, 0.1) is 54.7 Å². The van der Waals surface area contributed by atoms with Gasteiger partial charge in [-0.3, -0.25) is 0 Å². The van der Waals surface area contributed by atoms with Gasteiger partial charge in [0.1, 0.15) is 11.6 Å². The first-order valence-electron chi connectivity index (χ1n) is 17.6. The van der Waals surface area contributed by atoms with Crippen molar-refractivity contribution in [3.05, 3.63) is 119 Å². The van der Waals surface area contributed by atoms with Gasteiger partial charge in [-0.25, -0.2) is 46.7 Å². The molecule has 288 valence electrons. The van der Waals surface area contributed by atoms with E-state index in [2.05, 4.69) is 58.9 Å². The number of sulfone groups is 2. The summed E-state index contributed by atoms with van der Waals surface area (Å²) in [4.78, 5) is 26.2. The first-order valence-corrected chi connectivity index (χ1v) is 20.8. The standard InChI is InChI=1S/C41H38N10O4S2/c1-5-56(52,53)32-14-10-30(11-15-32)38-35(27(4)49-40(43)50-38)19-7-29-9-21-37(47-24-29)46-22-25(2)57(54,55)33-16-12-31(13-17-33)39-34(26(3)48-41(44)51-39)18-6-28-8-20-36(42)45-23-28/h8-17,20-21,23-25H,5,22H2,1-4H3,(H2,42,45)(H,46,47)(H2,43,49,50)(H2,44,48,51). The van der Waals surface area contributed by atoms with Crippen LogP contribution in [0.4, 0.5) is 23.5 Å². The van der Waals surface area contributed by atoms with Gasteiger partial charge in [0.25, 0.3) is 0 Å². The largest absolute Gasteiger partial charge is 0.384 e. The predicted octanol–water partition coefficient (Wildman–Crippen LogP) is 4.62. The van der Waals surface area contributed by atoms with E-state index in [4.69, 9.17) is 17.2 Å². The Balaban J connectivity index is 1.14. The maximum atomic E-state index is 13.6. The zero-order chi connectivity index (χ0) is 40.9. The van der Waals surface area contributed by atoms with Crippen LogP contribution >= 0.6 is 0 Å². The van der Waals surface area contributed by atoms with Gasteiger partial charge < -0.3 is 22.5 Å². The number of hydrogen-bond acceptors (Lipinski definition) is 14. The lowest BCUT2D eigenvalue weighted by atomic mass is 10.0. The van der Waals surface area contributed by atoms with Crippen LogP contribution in [0.2, 0.25) is 0 Å². The van der Waals surface area contributed by atoms with E-state index in [0.717, 1.165) is 0 Å². The molecule has 4 aromatic heterocycles. The predicted molar refractivity (Wildman–Crippen MR) is 221 cm³/mol. The Morgan fingerprint density at radius 1 is 0.632 bits per heavy atom. The lowest BCUT2D eigenvalue weighted by Crippen LogP contribution is -2.26. The lowest BCUT2D eigenvalue weighted by Gasteiger charge is -2.15. The van der Waals surface area contributed by atoms with Crippen LogP contribution in [0.25, 0.3) is 22.5 Å². The van der Waals surface area contributed by atoms with Crippen molar-refractivity contribution in [1.82, 2.24) is 29.9 Å². The topological polar surface area (TPSA) is 236 Å². The van der Waals surface area contributed by atoms with Gasteiger partial charge in [0.2, 0.25) is 11.9 Å². The number of hydrogen-bond donors (Lipinski definition) is 4. The summed E-state index contributed by atoms with van der Waals surface area (Å²) in [6.07, 6.45) is 3.13. The molecule has 1 unspecified atom stereocenters. The molecule has 14 nitrogen and oxygen atoms in total. The summed E-state index contributed by atoms with van der Waals surface area (Å²) in [6.45, 7) is 6.84. The van der Waals surface area contributed by atoms with Crippen LogP contribution in [0.1, 0.15) is 47.5 Å². The number of aryl methyl sites for hydroxylation is 2. The second-order valence-electron chi connectivity index (χ2n) is 12.9. The zero-order valence-corrected chi connectivity index (χ0v) is 33.1. The summed E-state index contributed by atoms with van der Waals surface area (Å²) < 4.78 is 51.8. The molecule has 2 aromatic carbocycles. The second-order valence-corrected chi connectivity index (χ2v) is 17.5. The molecule has 0 radical (unpaired) electrons. The zero-order valence-electron chi connectivity index (χ0n) is 31.4. The molecular weight excluding hydrogens is 761 g/mol. The van der Waals surface area contributed by atoms with E-state index in [1.807, 2.05) is 0 Å². The Morgan fingerprint density at radius 2 is 1.12 bits per heavy atom. The summed E-state index contributed by atoms with van der Waals surface area (Å²) >= 11 is 0. The van der Waals surface area contributed by atoms with E-state index in [1.54, 1.807) is 88.6 Å². The van der Waals surface area contributed by atoms with E-state index in [9.17, 15) is 16.8 Å². The van der Waals surface area contributed by atoms with Crippen LogP contribution in [-0.2, 0) is 19.7 Å². The minimum absolute atomic E-state index is 0.00875. The van der Waals surface area contributed by atoms with Crippen molar-refractivity contribution in [1.29, 1.82) is 0 Å². The van der Waals surface area contributed by atoms with Crippen molar-refractivity contribution in [2.75, 3.05) is 34.8 Å². The van der Waals surface area contributed by atoms with Gasteiger partial charge >= 0.3 is 0 Å². The normalized spacial score (nSPS) is 11.8. The fourth-order valence-corrected chi connectivity index (χ4v) is 7.77. The SMILES string of the molecule is CCS(=O)(=O)c1ccc(-c2nc(N)nc(C)c2C#Cc2ccc(NCC(C)S(=O)(=O)c3ccc(-c4nc(N)nc(C)c4C#Cc4ccc(N)nc4)cc3)nc2)cc1. The second kappa shape index (κ2) is 16.5. The summed E-state index contributed by atoms with van der Waals surface area (Å²) in [7, 11) is -7.11. The third-order valence-electron chi connectivity index (χ3n) is 8.85. The summed E-state index contributed by atoms with van der Waals surface area (Å²) in [5.74, 6) is 13.3. The van der Waals surface area contributed by atoms with Crippen molar-refractivity contribution in [3.63, 3.8) is 0 Å². The number of pyridine rings is 2. The summed E-state index contributed by atoms with van der Waals surface area (Å²) in [5, 5.41) is 2.30. The molecule has 0 saturated carbocycles. The molecule has 1 atom stereocenters. The Hall–Kier alpha value is -6.88. The molecule has 0 amide bonds. The lowest BCUT2D eigenvalue weighted by molar-refractivity contribution is 0.585. The molecule has 0 aliphatic rings. The molecule has 57 heavy (non-hydrogen) atoms. The quantitative estimate of drug-likeness (QED) is 0.146. The van der Waals surface area contributed by atoms with Gasteiger partial charge in [0, 0.05) is 41.2 Å². The molecule has 0 bridgehead atoms. The summed E-state index contributed by atoms with van der Waals surface area (Å²) in [6, 6.07) is 19.7. The molecule has 6 aromatic rings. The number of anilines is 4. The van der Waals surface area contributed by atoms with Crippen molar-refractivity contribution in [2.45, 2.75) is 42.7 Å². The van der Waals surface area contributed by atoms with Crippen molar-refractivity contribution in [3.8, 4) is 46.2 Å². The monoisotopic (exact) mass is 798 g/mol. The van der Waals surface area contributed by atoms with Crippen LogP contribution in [0.15, 0.2) is 95.0 Å². The van der Waals surface area contributed by atoms with Gasteiger partial charge in [-0.05, 0) is 69.3 Å². The number of nitrogens with one attached hydrogen (secondary N) is 1. The number of aromatic nitrogens is 6. The van der Waals surface area contributed by atoms with Gasteiger partial charge in [-0.15, -0.1) is 0 Å². The van der Waals surface area contributed by atoms with Crippen LogP contribution in [-0.4, -0.2) is 64.3 Å². The Bertz CT molecular complexity index is 2810. The van der Waals surface area contributed by atoms with Gasteiger partial charge in [0.15, 0.2) is 19.7 Å². The smallest absolute Gasteiger partial charge is 0.220 e. The molecule has 16 heteroatoms. The molecule has 0 fully saturated rings. The van der Waals surface area contributed by atoms with Crippen molar-refractivity contribution in [2.24, 2.45) is 0 Å². The van der Waals surface area contributed by atoms with Crippen LogP contribution in [0.5, 0.6) is 0 Å². The fraction of sp³-hybridized carbons (Fsp3) is 0.171. The first-order chi connectivity index (χ1) is 27.1. The molecule has 0 aliphatic heterocycles. The number of nitrogens with two attached hydrogens (primary N) is 3. The fourth-order valence-electron chi connectivity index (χ4n) is 5.61. The van der Waals surface area contributed by atoms with Crippen LogP contribution in [0.3, 0.4) is 0 Å². The van der Waals surface area contributed by atoms with Crippen LogP contribution < -0.4 is 22.5 Å². The van der Waals surface area contributed by atoms with Crippen molar-refractivity contribution < 1.29 is 16.8 Å². The Morgan fingerprint density at radius 3 is 1.58 bits per heavy atom. The highest BCUT2D eigenvalue weighted by Gasteiger charge is 2.24. The van der Waals surface area contributed by atoms with E-state index in [0.29, 0.717) is 67.8 Å². The molecule has 0 spiro atoms. The molecule has 0 aliphatic carbocycles. The number of nitrogen functional groups attached to an aromatic ring is 3. The van der Waals surface area contributed by atoms with Gasteiger partial charge in [-0.1, -0.05) is 54.9 Å². The number of nitrogens with zero attached hydrogens (tertiary/aromatic N) is 6. The Labute approximate surface area is 331 Å². The summed E-state index contributed by atoms with van der Waals surface area (Å²) in [5.41, 5.74) is 23.3. The van der Waals surface area contributed by atoms with E-state index >= 15 is 0 Å². The highest BCUT2D eigenvalue weighted by molar-refractivity contribution is 7.92.